The summed E-state index contributed by atoms with van der Waals surface area (Å²) in [5, 5.41) is 2.53. The highest BCUT2D eigenvalue weighted by atomic mass is 79.9. The van der Waals surface area contributed by atoms with Crippen LogP contribution >= 0.6 is 27.3 Å². The summed E-state index contributed by atoms with van der Waals surface area (Å²) in [5.74, 6) is 4.06. The smallest absolute Gasteiger partial charge is 0.145 e. The maximum absolute atomic E-state index is 14.0. The second-order valence-corrected chi connectivity index (χ2v) is 5.56. The van der Waals surface area contributed by atoms with Gasteiger partial charge < -0.3 is 0 Å². The number of halogens is 3. The molecule has 0 radical (unpaired) electrons. The van der Waals surface area contributed by atoms with E-state index in [0.29, 0.717) is 5.69 Å². The molecule has 1 unspecified atom stereocenters. The molecule has 7 heteroatoms. The van der Waals surface area contributed by atoms with Crippen LogP contribution in [0.2, 0.25) is 0 Å². The van der Waals surface area contributed by atoms with E-state index in [1.54, 1.807) is 5.38 Å². The van der Waals surface area contributed by atoms with Gasteiger partial charge >= 0.3 is 0 Å². The van der Waals surface area contributed by atoms with E-state index in [-0.39, 0.29) is 10.0 Å². The number of rotatable bonds is 3. The Kier molecular flexibility index (Phi) is 4.06. The second kappa shape index (κ2) is 5.40. The maximum Gasteiger partial charge on any atom is 0.145 e. The monoisotopic (exact) mass is 333 g/mol. The molecule has 96 valence electrons. The lowest BCUT2D eigenvalue weighted by Crippen LogP contribution is -2.30. The summed E-state index contributed by atoms with van der Waals surface area (Å²) in [5.41, 5.74) is 2.75. The van der Waals surface area contributed by atoms with E-state index in [1.807, 2.05) is 6.92 Å². The Bertz CT molecular complexity index is 573. The lowest BCUT2D eigenvalue weighted by atomic mass is 10.0. The van der Waals surface area contributed by atoms with Gasteiger partial charge in [0.15, 0.2) is 0 Å². The first-order valence-corrected chi connectivity index (χ1v) is 6.73. The van der Waals surface area contributed by atoms with Gasteiger partial charge in [-0.3, -0.25) is 5.84 Å². The summed E-state index contributed by atoms with van der Waals surface area (Å²) >= 11 is 4.42. The van der Waals surface area contributed by atoms with Crippen molar-refractivity contribution in [1.29, 1.82) is 0 Å². The Morgan fingerprint density at radius 1 is 1.44 bits per heavy atom. The van der Waals surface area contributed by atoms with Gasteiger partial charge in [-0.05, 0) is 35.0 Å². The van der Waals surface area contributed by atoms with Crippen LogP contribution < -0.4 is 11.3 Å². The molecule has 3 nitrogen and oxygen atoms in total. The molecule has 2 rings (SSSR count). The Morgan fingerprint density at radius 2 is 2.17 bits per heavy atom. The number of hydrogen-bond acceptors (Lipinski definition) is 4. The van der Waals surface area contributed by atoms with Gasteiger partial charge in [0, 0.05) is 10.9 Å². The van der Waals surface area contributed by atoms with Crippen molar-refractivity contribution in [3.8, 4) is 0 Å². The molecule has 0 spiro atoms. The Morgan fingerprint density at radius 3 is 2.72 bits per heavy atom. The number of thiazole rings is 1. The third-order valence-corrected chi connectivity index (χ3v) is 3.87. The third-order valence-electron chi connectivity index (χ3n) is 2.47. The minimum absolute atomic E-state index is 0.142. The van der Waals surface area contributed by atoms with E-state index >= 15 is 0 Å². The molecule has 0 amide bonds. The van der Waals surface area contributed by atoms with E-state index in [2.05, 4.69) is 26.3 Å². The van der Waals surface area contributed by atoms with Gasteiger partial charge in [-0.15, -0.1) is 11.3 Å². The largest absolute Gasteiger partial charge is 0.271 e. The van der Waals surface area contributed by atoms with Crippen LogP contribution in [0.4, 0.5) is 8.78 Å². The van der Waals surface area contributed by atoms with E-state index in [0.717, 1.165) is 5.01 Å². The summed E-state index contributed by atoms with van der Waals surface area (Å²) in [6, 6.07) is 1.69. The number of nitrogens with zero attached hydrogens (tertiary/aromatic N) is 1. The summed E-state index contributed by atoms with van der Waals surface area (Å²) in [6.07, 6.45) is 0. The highest BCUT2D eigenvalue weighted by Crippen LogP contribution is 2.30. The number of benzene rings is 1. The van der Waals surface area contributed by atoms with Gasteiger partial charge in [0.1, 0.15) is 11.6 Å². The van der Waals surface area contributed by atoms with Crippen molar-refractivity contribution in [2.24, 2.45) is 5.84 Å². The van der Waals surface area contributed by atoms with Gasteiger partial charge in [-0.25, -0.2) is 19.2 Å². The molecule has 1 aromatic heterocycles. The summed E-state index contributed by atoms with van der Waals surface area (Å²) in [6.45, 7) is 1.81. The molecule has 1 aromatic carbocycles. The molecule has 0 aliphatic carbocycles. The van der Waals surface area contributed by atoms with E-state index in [4.69, 9.17) is 5.84 Å². The van der Waals surface area contributed by atoms with Crippen molar-refractivity contribution in [2.45, 2.75) is 13.0 Å². The van der Waals surface area contributed by atoms with Gasteiger partial charge in [0.05, 0.1) is 21.2 Å². The lowest BCUT2D eigenvalue weighted by Gasteiger charge is -2.16. The van der Waals surface area contributed by atoms with Gasteiger partial charge in [0.25, 0.3) is 0 Å². The zero-order valence-electron chi connectivity index (χ0n) is 9.38. The molecule has 18 heavy (non-hydrogen) atoms. The molecule has 3 N–H and O–H groups in total. The molecular formula is C11H10BrF2N3S. The fourth-order valence-electron chi connectivity index (χ4n) is 1.64. The number of nitrogens with two attached hydrogens (primary N) is 1. The van der Waals surface area contributed by atoms with Crippen LogP contribution in [0.3, 0.4) is 0 Å². The second-order valence-electron chi connectivity index (χ2n) is 3.65. The molecule has 2 aromatic rings. The summed E-state index contributed by atoms with van der Waals surface area (Å²) < 4.78 is 28.0. The topological polar surface area (TPSA) is 50.9 Å². The fourth-order valence-corrected chi connectivity index (χ4v) is 2.62. The number of aryl methyl sites for hydroxylation is 1. The van der Waals surface area contributed by atoms with Crippen molar-refractivity contribution in [2.75, 3.05) is 0 Å². The van der Waals surface area contributed by atoms with Crippen LogP contribution in [0, 0.1) is 18.6 Å². The van der Waals surface area contributed by atoms with Crippen LogP contribution in [-0.2, 0) is 0 Å². The lowest BCUT2D eigenvalue weighted by molar-refractivity contribution is 0.503. The van der Waals surface area contributed by atoms with Gasteiger partial charge in [-0.2, -0.15) is 0 Å². The van der Waals surface area contributed by atoms with Crippen LogP contribution in [0.5, 0.6) is 0 Å². The van der Waals surface area contributed by atoms with E-state index in [9.17, 15) is 8.78 Å². The summed E-state index contributed by atoms with van der Waals surface area (Å²) in [7, 11) is 0. The number of nitrogens with one attached hydrogen (secondary N) is 1. The molecule has 0 aliphatic heterocycles. The van der Waals surface area contributed by atoms with Crippen molar-refractivity contribution in [3.05, 3.63) is 49.9 Å². The molecule has 0 saturated carbocycles. The minimum Gasteiger partial charge on any atom is -0.271 e. The first kappa shape index (κ1) is 13.5. The van der Waals surface area contributed by atoms with E-state index < -0.39 is 17.7 Å². The van der Waals surface area contributed by atoms with Crippen LogP contribution in [0.15, 0.2) is 22.0 Å². The molecule has 0 fully saturated rings. The highest BCUT2D eigenvalue weighted by molar-refractivity contribution is 9.10. The van der Waals surface area contributed by atoms with Crippen molar-refractivity contribution in [3.63, 3.8) is 0 Å². The predicted octanol–water partition coefficient (Wildman–Crippen LogP) is 3.04. The van der Waals surface area contributed by atoms with Crippen molar-refractivity contribution >= 4 is 27.3 Å². The normalized spacial score (nSPS) is 12.7. The van der Waals surface area contributed by atoms with Crippen LogP contribution in [-0.4, -0.2) is 4.98 Å². The first-order chi connectivity index (χ1) is 8.54. The first-order valence-electron chi connectivity index (χ1n) is 5.06. The number of hydrazine groups is 1. The average Bonchev–Trinajstić information content (AvgIpc) is 2.76. The Labute approximate surface area is 115 Å². The number of hydrogen-bond donors (Lipinski definition) is 2. The molecular weight excluding hydrogens is 324 g/mol. The minimum atomic E-state index is -0.813. The Balaban J connectivity index is 2.55. The molecule has 0 bridgehead atoms. The van der Waals surface area contributed by atoms with Crippen molar-refractivity contribution < 1.29 is 8.78 Å². The standard InChI is InChI=1S/C11H10BrF2N3S/c1-5-16-8(4-18-5)11(17-15)9-7(13)3-2-6(12)10(9)14/h2-4,11,17H,15H2,1H3. The quantitative estimate of drug-likeness (QED) is 0.515. The van der Waals surface area contributed by atoms with Crippen LogP contribution in [0.1, 0.15) is 22.3 Å². The fraction of sp³-hybridized carbons (Fsp3) is 0.182. The van der Waals surface area contributed by atoms with Crippen LogP contribution in [0.25, 0.3) is 0 Å². The van der Waals surface area contributed by atoms with Gasteiger partial charge in [-0.1, -0.05) is 0 Å². The SMILES string of the molecule is Cc1nc(C(NN)c2c(F)ccc(Br)c2F)cs1. The third kappa shape index (κ3) is 2.44. The molecule has 0 saturated heterocycles. The number of aromatic nitrogens is 1. The Hall–Kier alpha value is -0.890. The molecule has 1 atom stereocenters. The van der Waals surface area contributed by atoms with E-state index in [1.165, 1.54) is 23.5 Å². The molecule has 0 aliphatic rings. The zero-order chi connectivity index (χ0) is 13.3. The van der Waals surface area contributed by atoms with Crippen molar-refractivity contribution in [1.82, 2.24) is 10.4 Å². The zero-order valence-corrected chi connectivity index (χ0v) is 11.8. The highest BCUT2D eigenvalue weighted by Gasteiger charge is 2.24. The maximum atomic E-state index is 14.0. The average molecular weight is 334 g/mol. The predicted molar refractivity (Wildman–Crippen MR) is 70.1 cm³/mol. The summed E-state index contributed by atoms with van der Waals surface area (Å²) in [4.78, 5) is 4.20. The molecule has 1 heterocycles. The van der Waals surface area contributed by atoms with Gasteiger partial charge in [0.2, 0.25) is 0 Å².